The van der Waals surface area contributed by atoms with Crippen LogP contribution in [0.5, 0.6) is 5.75 Å². The minimum Gasteiger partial charge on any atom is -0.495 e. The van der Waals surface area contributed by atoms with Gasteiger partial charge in [0.05, 0.1) is 13.0 Å². The Hall–Kier alpha value is -1.94. The van der Waals surface area contributed by atoms with E-state index in [1.165, 1.54) is 23.0 Å². The van der Waals surface area contributed by atoms with Crippen LogP contribution in [-0.2, 0) is 21.4 Å². The molecule has 1 amide bonds. The molecule has 0 spiro atoms. The summed E-state index contributed by atoms with van der Waals surface area (Å²) in [4.78, 5) is 15.5. The molecule has 9 heteroatoms. The summed E-state index contributed by atoms with van der Waals surface area (Å²) in [6.07, 6.45) is 4.52. The third-order valence-corrected chi connectivity index (χ3v) is 8.95. The van der Waals surface area contributed by atoms with Gasteiger partial charge in [0.2, 0.25) is 15.9 Å². The third kappa shape index (κ3) is 6.00. The Morgan fingerprint density at radius 3 is 2.62 bits per heavy atom. The predicted octanol–water partition coefficient (Wildman–Crippen LogP) is 4.48. The van der Waals surface area contributed by atoms with Gasteiger partial charge in [-0.2, -0.15) is 4.31 Å². The van der Waals surface area contributed by atoms with Crippen LogP contribution in [0.4, 0.5) is 5.69 Å². The van der Waals surface area contributed by atoms with Crippen molar-refractivity contribution in [2.24, 2.45) is 5.92 Å². The first kappa shape index (κ1) is 25.2. The van der Waals surface area contributed by atoms with Crippen molar-refractivity contribution in [3.63, 3.8) is 0 Å². The molecule has 0 bridgehead atoms. The third-order valence-electron chi connectivity index (χ3n) is 6.54. The van der Waals surface area contributed by atoms with Gasteiger partial charge in [0.1, 0.15) is 10.6 Å². The average molecular weight is 551 g/mol. The number of methoxy groups -OCH3 is 1. The molecule has 2 fully saturated rings. The van der Waals surface area contributed by atoms with E-state index in [2.05, 4.69) is 38.3 Å². The highest BCUT2D eigenvalue weighted by molar-refractivity contribution is 9.10. The highest BCUT2D eigenvalue weighted by Gasteiger charge is 2.30. The number of anilines is 1. The number of piperidine rings is 2. The summed E-state index contributed by atoms with van der Waals surface area (Å²) in [7, 11) is -2.23. The number of benzene rings is 2. The molecule has 2 aliphatic rings. The Labute approximate surface area is 210 Å². The summed E-state index contributed by atoms with van der Waals surface area (Å²) in [5.74, 6) is 0.0667. The van der Waals surface area contributed by atoms with Crippen molar-refractivity contribution in [1.29, 1.82) is 0 Å². The normalized spacial score (nSPS) is 20.1. The highest BCUT2D eigenvalue weighted by atomic mass is 79.9. The summed E-state index contributed by atoms with van der Waals surface area (Å²) in [6.45, 7) is 3.45. The zero-order valence-corrected chi connectivity index (χ0v) is 21.9. The maximum absolute atomic E-state index is 13.3. The molecular formula is C25H32BrN3O4S. The van der Waals surface area contributed by atoms with E-state index in [1.807, 2.05) is 12.1 Å². The van der Waals surface area contributed by atoms with Crippen LogP contribution in [0, 0.1) is 5.92 Å². The van der Waals surface area contributed by atoms with Crippen LogP contribution in [0.3, 0.4) is 0 Å². The quantitative estimate of drug-likeness (QED) is 0.550. The van der Waals surface area contributed by atoms with Gasteiger partial charge in [0, 0.05) is 36.3 Å². The zero-order valence-electron chi connectivity index (χ0n) is 19.5. The van der Waals surface area contributed by atoms with Crippen molar-refractivity contribution in [1.82, 2.24) is 9.21 Å². The van der Waals surface area contributed by atoms with Crippen molar-refractivity contribution in [2.45, 2.75) is 43.5 Å². The first-order chi connectivity index (χ1) is 16.4. The number of nitrogens with one attached hydrogen (secondary N) is 1. The van der Waals surface area contributed by atoms with Gasteiger partial charge in [-0.15, -0.1) is 0 Å². The van der Waals surface area contributed by atoms with Crippen LogP contribution in [0.1, 0.15) is 37.7 Å². The first-order valence-corrected chi connectivity index (χ1v) is 14.1. The fraction of sp³-hybridized carbons (Fsp3) is 0.480. The van der Waals surface area contributed by atoms with E-state index in [1.54, 1.807) is 12.1 Å². The van der Waals surface area contributed by atoms with E-state index >= 15 is 0 Å². The van der Waals surface area contributed by atoms with Crippen molar-refractivity contribution in [3.8, 4) is 5.75 Å². The molecule has 0 aromatic heterocycles. The van der Waals surface area contributed by atoms with E-state index < -0.39 is 10.0 Å². The van der Waals surface area contributed by atoms with Gasteiger partial charge in [-0.3, -0.25) is 9.69 Å². The predicted molar refractivity (Wildman–Crippen MR) is 136 cm³/mol. The van der Waals surface area contributed by atoms with Crippen LogP contribution in [0.25, 0.3) is 0 Å². The first-order valence-electron chi connectivity index (χ1n) is 11.8. The number of nitrogens with zero attached hydrogens (tertiary/aromatic N) is 2. The van der Waals surface area contributed by atoms with Gasteiger partial charge in [-0.25, -0.2) is 8.42 Å². The number of halogens is 1. The number of amides is 1. The van der Waals surface area contributed by atoms with Crippen LogP contribution in [0.15, 0.2) is 51.8 Å². The number of carbonyl (C=O) groups excluding carboxylic acids is 1. The Kier molecular flexibility index (Phi) is 8.29. The Bertz CT molecular complexity index is 1120. The maximum atomic E-state index is 13.3. The fourth-order valence-electron chi connectivity index (χ4n) is 4.75. The SMILES string of the molecule is COc1ccc(NC(=O)C2CCCN(Cc3cccc(Br)c3)C2)cc1S(=O)(=O)N1CCCCC1. The molecule has 0 aliphatic carbocycles. The molecule has 2 heterocycles. The maximum Gasteiger partial charge on any atom is 0.246 e. The number of rotatable bonds is 7. The monoisotopic (exact) mass is 549 g/mol. The molecule has 1 N–H and O–H groups in total. The topological polar surface area (TPSA) is 79.0 Å². The van der Waals surface area contributed by atoms with Gasteiger partial charge >= 0.3 is 0 Å². The molecule has 0 radical (unpaired) electrons. The number of hydrogen-bond acceptors (Lipinski definition) is 5. The van der Waals surface area contributed by atoms with Crippen LogP contribution >= 0.6 is 15.9 Å². The van der Waals surface area contributed by atoms with Crippen molar-refractivity contribution in [3.05, 3.63) is 52.5 Å². The largest absolute Gasteiger partial charge is 0.495 e. The molecule has 184 valence electrons. The molecule has 34 heavy (non-hydrogen) atoms. The van der Waals surface area contributed by atoms with Gasteiger partial charge in [-0.05, 0) is 68.1 Å². The smallest absolute Gasteiger partial charge is 0.246 e. The van der Waals surface area contributed by atoms with Gasteiger partial charge in [0.25, 0.3) is 0 Å². The molecule has 1 unspecified atom stereocenters. The Balaban J connectivity index is 1.45. The molecule has 2 aromatic carbocycles. The molecule has 7 nitrogen and oxygen atoms in total. The average Bonchev–Trinajstić information content (AvgIpc) is 2.85. The molecular weight excluding hydrogens is 518 g/mol. The zero-order chi connectivity index (χ0) is 24.1. The van der Waals surface area contributed by atoms with Crippen molar-refractivity contribution in [2.75, 3.05) is 38.6 Å². The second-order valence-electron chi connectivity index (χ2n) is 9.02. The number of ether oxygens (including phenoxy) is 1. The van der Waals surface area contributed by atoms with E-state index in [4.69, 9.17) is 4.74 Å². The lowest BCUT2D eigenvalue weighted by Crippen LogP contribution is -2.40. The van der Waals surface area contributed by atoms with Crippen LogP contribution in [-0.4, -0.2) is 56.8 Å². The standard InChI is InChI=1S/C25H32BrN3O4S/c1-33-23-11-10-22(16-24(23)34(31,32)29-13-3-2-4-14-29)27-25(30)20-8-6-12-28(18-20)17-19-7-5-9-21(26)15-19/h5,7,9-11,15-16,20H,2-4,6,8,12-14,17-18H2,1H3,(H,27,30). The van der Waals surface area contributed by atoms with Crippen LogP contribution in [0.2, 0.25) is 0 Å². The summed E-state index contributed by atoms with van der Waals surface area (Å²) in [6, 6.07) is 13.1. The number of hydrogen-bond donors (Lipinski definition) is 1. The lowest BCUT2D eigenvalue weighted by molar-refractivity contribution is -0.121. The Morgan fingerprint density at radius 2 is 1.88 bits per heavy atom. The van der Waals surface area contributed by atoms with E-state index in [9.17, 15) is 13.2 Å². The van der Waals surface area contributed by atoms with E-state index in [0.717, 1.165) is 49.7 Å². The highest BCUT2D eigenvalue weighted by Crippen LogP contribution is 2.31. The van der Waals surface area contributed by atoms with Gasteiger partial charge in [0.15, 0.2) is 0 Å². The minimum atomic E-state index is -3.69. The number of likely N-dealkylation sites (tertiary alicyclic amines) is 1. The Morgan fingerprint density at radius 1 is 1.09 bits per heavy atom. The molecule has 1 atom stereocenters. The molecule has 2 saturated heterocycles. The van der Waals surface area contributed by atoms with E-state index in [-0.39, 0.29) is 16.7 Å². The summed E-state index contributed by atoms with van der Waals surface area (Å²) >= 11 is 3.52. The molecule has 4 rings (SSSR count). The second-order valence-corrected chi connectivity index (χ2v) is 11.8. The summed E-state index contributed by atoms with van der Waals surface area (Å²) in [5, 5.41) is 2.96. The van der Waals surface area contributed by atoms with Gasteiger partial charge in [-0.1, -0.05) is 34.5 Å². The number of sulfonamides is 1. The molecule has 2 aromatic rings. The van der Waals surface area contributed by atoms with Crippen molar-refractivity contribution < 1.29 is 17.9 Å². The summed E-state index contributed by atoms with van der Waals surface area (Å²) < 4.78 is 34.5. The van der Waals surface area contributed by atoms with E-state index in [0.29, 0.717) is 31.1 Å². The minimum absolute atomic E-state index is 0.0783. The summed E-state index contributed by atoms with van der Waals surface area (Å²) in [5.41, 5.74) is 1.68. The lowest BCUT2D eigenvalue weighted by atomic mass is 9.96. The fourth-order valence-corrected chi connectivity index (χ4v) is 6.90. The van der Waals surface area contributed by atoms with Crippen LogP contribution < -0.4 is 10.1 Å². The van der Waals surface area contributed by atoms with Crippen molar-refractivity contribution >= 4 is 37.5 Å². The molecule has 2 aliphatic heterocycles. The second kappa shape index (κ2) is 11.2. The molecule has 0 saturated carbocycles. The lowest BCUT2D eigenvalue weighted by Gasteiger charge is -2.32. The number of carbonyl (C=O) groups is 1. The van der Waals surface area contributed by atoms with Gasteiger partial charge < -0.3 is 10.1 Å².